The van der Waals surface area contributed by atoms with Crippen LogP contribution < -0.4 is 20.1 Å². The van der Waals surface area contributed by atoms with Crippen LogP contribution in [0, 0.1) is 5.92 Å². The third-order valence-electron chi connectivity index (χ3n) is 4.91. The van der Waals surface area contributed by atoms with Crippen molar-refractivity contribution in [2.75, 3.05) is 19.0 Å². The van der Waals surface area contributed by atoms with Gasteiger partial charge in [-0.05, 0) is 54.3 Å². The van der Waals surface area contributed by atoms with Gasteiger partial charge in [-0.2, -0.15) is 5.10 Å². The van der Waals surface area contributed by atoms with Crippen LogP contribution in [-0.4, -0.2) is 35.3 Å². The van der Waals surface area contributed by atoms with Crippen molar-refractivity contribution < 1.29 is 19.1 Å². The molecule has 0 fully saturated rings. The number of amides is 2. The van der Waals surface area contributed by atoms with Crippen molar-refractivity contribution in [2.24, 2.45) is 5.92 Å². The van der Waals surface area contributed by atoms with Crippen molar-refractivity contribution in [3.63, 3.8) is 0 Å². The molecule has 8 nitrogen and oxygen atoms in total. The van der Waals surface area contributed by atoms with Gasteiger partial charge in [-0.1, -0.05) is 26.0 Å². The SMILES string of the molecule is COc1cc(C(=O)NCc2cccc(NC(=O)Cn3cccn3)c2)ccc1OCCC(C)C. The van der Waals surface area contributed by atoms with E-state index in [1.165, 1.54) is 0 Å². The van der Waals surface area contributed by atoms with Gasteiger partial charge in [0.05, 0.1) is 13.7 Å². The minimum Gasteiger partial charge on any atom is -0.493 e. The highest BCUT2D eigenvalue weighted by Crippen LogP contribution is 2.28. The Bertz CT molecular complexity index is 1060. The molecule has 2 aromatic carbocycles. The topological polar surface area (TPSA) is 94.5 Å². The van der Waals surface area contributed by atoms with Crippen LogP contribution in [0.25, 0.3) is 0 Å². The number of ether oxygens (including phenoxy) is 2. The molecule has 0 saturated carbocycles. The Kier molecular flexibility index (Phi) is 8.46. The number of nitrogens with one attached hydrogen (secondary N) is 2. The minimum atomic E-state index is -0.227. The molecule has 33 heavy (non-hydrogen) atoms. The van der Waals surface area contributed by atoms with Crippen molar-refractivity contribution in [1.82, 2.24) is 15.1 Å². The van der Waals surface area contributed by atoms with Gasteiger partial charge in [0.2, 0.25) is 5.91 Å². The van der Waals surface area contributed by atoms with Gasteiger partial charge in [0, 0.05) is 30.2 Å². The molecule has 0 saturated heterocycles. The van der Waals surface area contributed by atoms with Crippen LogP contribution in [0.5, 0.6) is 11.5 Å². The Balaban J connectivity index is 1.55. The predicted octanol–water partition coefficient (Wildman–Crippen LogP) is 3.89. The molecule has 8 heteroatoms. The summed E-state index contributed by atoms with van der Waals surface area (Å²) in [5.41, 5.74) is 2.00. The lowest BCUT2D eigenvalue weighted by Gasteiger charge is -2.13. The Morgan fingerprint density at radius 3 is 2.67 bits per heavy atom. The third kappa shape index (κ3) is 7.38. The molecule has 1 aromatic heterocycles. The zero-order valence-electron chi connectivity index (χ0n) is 19.2. The van der Waals surface area contributed by atoms with Gasteiger partial charge < -0.3 is 20.1 Å². The second-order valence-corrected chi connectivity index (χ2v) is 8.03. The normalized spacial score (nSPS) is 10.7. The average Bonchev–Trinajstić information content (AvgIpc) is 3.30. The highest BCUT2D eigenvalue weighted by Gasteiger charge is 2.12. The molecule has 3 aromatic rings. The molecule has 0 atom stereocenters. The molecule has 0 radical (unpaired) electrons. The van der Waals surface area contributed by atoms with E-state index in [0.717, 1.165) is 12.0 Å². The second-order valence-electron chi connectivity index (χ2n) is 8.03. The van der Waals surface area contributed by atoms with Crippen LogP contribution in [-0.2, 0) is 17.9 Å². The first kappa shape index (κ1) is 23.8. The molecule has 0 aliphatic carbocycles. The first-order chi connectivity index (χ1) is 15.9. The standard InChI is InChI=1S/C25H30N4O4/c1-18(2)10-13-33-22-9-8-20(15-23(22)32-3)25(31)26-16-19-6-4-7-21(14-19)28-24(30)17-29-12-5-11-27-29/h4-9,11-12,14-15,18H,10,13,16-17H2,1-3H3,(H,26,31)(H,28,30). The molecule has 0 unspecified atom stereocenters. The number of benzene rings is 2. The van der Waals surface area contributed by atoms with E-state index in [1.54, 1.807) is 54.5 Å². The number of carbonyl (C=O) groups is 2. The lowest BCUT2D eigenvalue weighted by Crippen LogP contribution is -2.23. The maximum Gasteiger partial charge on any atom is 0.251 e. The third-order valence-corrected chi connectivity index (χ3v) is 4.91. The summed E-state index contributed by atoms with van der Waals surface area (Å²) >= 11 is 0. The van der Waals surface area contributed by atoms with Crippen molar-refractivity contribution in [1.29, 1.82) is 0 Å². The first-order valence-corrected chi connectivity index (χ1v) is 10.9. The molecule has 2 amide bonds. The molecule has 0 aliphatic rings. The zero-order valence-corrected chi connectivity index (χ0v) is 19.2. The second kappa shape index (κ2) is 11.7. The molecule has 1 heterocycles. The van der Waals surface area contributed by atoms with E-state index in [2.05, 4.69) is 29.6 Å². The largest absolute Gasteiger partial charge is 0.493 e. The predicted molar refractivity (Wildman–Crippen MR) is 126 cm³/mol. The molecule has 0 spiro atoms. The van der Waals surface area contributed by atoms with Gasteiger partial charge in [0.25, 0.3) is 5.91 Å². The Hall–Kier alpha value is -3.81. The van der Waals surface area contributed by atoms with Crippen molar-refractivity contribution in [2.45, 2.75) is 33.4 Å². The number of aromatic nitrogens is 2. The quantitative estimate of drug-likeness (QED) is 0.462. The van der Waals surface area contributed by atoms with Crippen LogP contribution in [0.1, 0.15) is 36.2 Å². The van der Waals surface area contributed by atoms with E-state index < -0.39 is 0 Å². The van der Waals surface area contributed by atoms with E-state index in [9.17, 15) is 9.59 Å². The summed E-state index contributed by atoms with van der Waals surface area (Å²) < 4.78 is 12.7. The number of nitrogens with zero attached hydrogens (tertiary/aromatic N) is 2. The van der Waals surface area contributed by atoms with Gasteiger partial charge in [-0.15, -0.1) is 0 Å². The summed E-state index contributed by atoms with van der Waals surface area (Å²) in [6, 6.07) is 14.2. The first-order valence-electron chi connectivity index (χ1n) is 10.9. The monoisotopic (exact) mass is 450 g/mol. The Labute approximate surface area is 193 Å². The molecule has 0 aliphatic heterocycles. The number of hydrogen-bond donors (Lipinski definition) is 2. The van der Waals surface area contributed by atoms with E-state index in [0.29, 0.717) is 41.8 Å². The van der Waals surface area contributed by atoms with Gasteiger partial charge in [0.15, 0.2) is 11.5 Å². The highest BCUT2D eigenvalue weighted by molar-refractivity contribution is 5.95. The summed E-state index contributed by atoms with van der Waals surface area (Å²) in [6.07, 6.45) is 4.29. The summed E-state index contributed by atoms with van der Waals surface area (Å²) in [5.74, 6) is 1.28. The fraction of sp³-hybridized carbons (Fsp3) is 0.320. The average molecular weight is 451 g/mol. The maximum absolute atomic E-state index is 12.7. The van der Waals surface area contributed by atoms with Crippen LogP contribution in [0.3, 0.4) is 0 Å². The smallest absolute Gasteiger partial charge is 0.251 e. The van der Waals surface area contributed by atoms with E-state index in [1.807, 2.05) is 18.2 Å². The number of methoxy groups -OCH3 is 1. The maximum atomic E-state index is 12.7. The lowest BCUT2D eigenvalue weighted by molar-refractivity contribution is -0.116. The lowest BCUT2D eigenvalue weighted by atomic mass is 10.1. The highest BCUT2D eigenvalue weighted by atomic mass is 16.5. The Morgan fingerprint density at radius 2 is 1.94 bits per heavy atom. The van der Waals surface area contributed by atoms with Crippen molar-refractivity contribution in [3.05, 3.63) is 72.1 Å². The number of anilines is 1. The molecule has 3 rings (SSSR count). The number of carbonyl (C=O) groups excluding carboxylic acids is 2. The van der Waals surface area contributed by atoms with Crippen LogP contribution >= 0.6 is 0 Å². The van der Waals surface area contributed by atoms with Crippen molar-refractivity contribution >= 4 is 17.5 Å². The van der Waals surface area contributed by atoms with Gasteiger partial charge in [-0.25, -0.2) is 0 Å². The summed E-state index contributed by atoms with van der Waals surface area (Å²) in [4.78, 5) is 24.8. The van der Waals surface area contributed by atoms with Crippen molar-refractivity contribution in [3.8, 4) is 11.5 Å². The summed E-state index contributed by atoms with van der Waals surface area (Å²) in [7, 11) is 1.55. The molecule has 174 valence electrons. The fourth-order valence-corrected chi connectivity index (χ4v) is 3.12. The van der Waals surface area contributed by atoms with Crippen LogP contribution in [0.2, 0.25) is 0 Å². The van der Waals surface area contributed by atoms with E-state index in [4.69, 9.17) is 9.47 Å². The van der Waals surface area contributed by atoms with Gasteiger partial charge >= 0.3 is 0 Å². The summed E-state index contributed by atoms with van der Waals surface area (Å²) in [5, 5.41) is 9.76. The van der Waals surface area contributed by atoms with Gasteiger partial charge in [-0.3, -0.25) is 14.3 Å². The molecule has 2 N–H and O–H groups in total. The number of rotatable bonds is 11. The van der Waals surface area contributed by atoms with Crippen LogP contribution in [0.15, 0.2) is 60.9 Å². The Morgan fingerprint density at radius 1 is 1.09 bits per heavy atom. The summed E-state index contributed by atoms with van der Waals surface area (Å²) in [6.45, 7) is 5.32. The van der Waals surface area contributed by atoms with E-state index in [-0.39, 0.29) is 18.4 Å². The minimum absolute atomic E-state index is 0.132. The molecular formula is C25H30N4O4. The van der Waals surface area contributed by atoms with Gasteiger partial charge in [0.1, 0.15) is 6.54 Å². The molecular weight excluding hydrogens is 420 g/mol. The van der Waals surface area contributed by atoms with Crippen LogP contribution in [0.4, 0.5) is 5.69 Å². The van der Waals surface area contributed by atoms with E-state index >= 15 is 0 Å². The number of hydrogen-bond acceptors (Lipinski definition) is 5. The molecule has 0 bridgehead atoms. The zero-order chi connectivity index (χ0) is 23.6. The fourth-order valence-electron chi connectivity index (χ4n) is 3.12.